The summed E-state index contributed by atoms with van der Waals surface area (Å²) >= 11 is 0. The van der Waals surface area contributed by atoms with E-state index in [1.54, 1.807) is 27.9 Å². The Balaban J connectivity index is 4.10. The minimum Gasteiger partial charge on any atom is -0.342 e. The molecule has 2 N–H and O–H groups in total. The predicted octanol–water partition coefficient (Wildman–Crippen LogP) is 11.4. The first-order valence-corrected chi connectivity index (χ1v) is 19.7. The first-order valence-electron chi connectivity index (χ1n) is 19.7. The van der Waals surface area contributed by atoms with Crippen LogP contribution in [0, 0.1) is 0 Å². The van der Waals surface area contributed by atoms with E-state index in [0.29, 0.717) is 12.8 Å². The van der Waals surface area contributed by atoms with E-state index in [1.165, 1.54) is 128 Å². The molecule has 0 heterocycles. The average Bonchev–Trinajstić information content (AvgIpc) is 2.97. The third-order valence-corrected chi connectivity index (χ3v) is 10.6. The minimum atomic E-state index is -1.45. The molecule has 0 aliphatic rings. The van der Waals surface area contributed by atoms with E-state index < -0.39 is 11.4 Å². The van der Waals surface area contributed by atoms with E-state index in [9.17, 15) is 19.8 Å². The monoisotopic (exact) mass is 639 g/mol. The van der Waals surface area contributed by atoms with E-state index in [-0.39, 0.29) is 28.9 Å². The van der Waals surface area contributed by atoms with Crippen LogP contribution in [0.1, 0.15) is 220 Å². The minimum absolute atomic E-state index is 0.0124. The number of hydrogen-bond acceptors (Lipinski definition) is 4. The number of carbonyl (C=O) groups excluding carboxylic acids is 2. The summed E-state index contributed by atoms with van der Waals surface area (Å²) in [5.74, 6) is 0.0618. The van der Waals surface area contributed by atoms with Gasteiger partial charge in [0, 0.05) is 26.7 Å². The van der Waals surface area contributed by atoms with Crippen LogP contribution in [0.5, 0.6) is 0 Å². The molecule has 2 unspecified atom stereocenters. The van der Waals surface area contributed by atoms with Crippen molar-refractivity contribution < 1.29 is 24.3 Å². The van der Waals surface area contributed by atoms with E-state index in [0.717, 1.165) is 38.5 Å². The fourth-order valence-electron chi connectivity index (χ4n) is 6.52. The normalized spacial score (nSPS) is 14.8. The Bertz CT molecular complexity index is 657. The fraction of sp³-hybridized carbons (Fsp3) is 0.950. The Morgan fingerprint density at radius 1 is 0.422 bits per heavy atom. The van der Waals surface area contributed by atoms with Gasteiger partial charge in [-0.25, -0.2) is 0 Å². The molecule has 5 nitrogen and oxygen atoms in total. The molecule has 45 heavy (non-hydrogen) atoms. The molecule has 0 rings (SSSR count). The zero-order valence-corrected chi connectivity index (χ0v) is 31.4. The Kier molecular flexibility index (Phi) is 26.7. The molecule has 0 aliphatic heterocycles. The van der Waals surface area contributed by atoms with Crippen molar-refractivity contribution in [3.8, 4) is 0 Å². The second-order valence-corrected chi connectivity index (χ2v) is 15.3. The number of rotatable bonds is 34. The first kappa shape index (κ1) is 44.2. The highest BCUT2D eigenvalue weighted by molar-refractivity contribution is 5.79. The lowest BCUT2D eigenvalue weighted by atomic mass is 9.93. The van der Waals surface area contributed by atoms with Gasteiger partial charge in [-0.15, -0.1) is 0 Å². The number of Topliss-reactive ketones (excluding diaryl/α,β-unsaturated/α-hetero) is 2. The highest BCUT2D eigenvalue weighted by atomic mass is 16.4. The molecule has 0 saturated carbocycles. The van der Waals surface area contributed by atoms with E-state index in [4.69, 9.17) is 0 Å². The van der Waals surface area contributed by atoms with Crippen LogP contribution < -0.4 is 0 Å². The van der Waals surface area contributed by atoms with E-state index in [1.807, 2.05) is 0 Å². The summed E-state index contributed by atoms with van der Waals surface area (Å²) in [6.07, 6.45) is 33.9. The topological polar surface area (TPSA) is 74.6 Å². The fourth-order valence-corrected chi connectivity index (χ4v) is 6.52. The molecule has 268 valence electrons. The Labute approximate surface area is 281 Å². The molecule has 2 atom stereocenters. The molecule has 0 aromatic heterocycles. The lowest BCUT2D eigenvalue weighted by Crippen LogP contribution is -2.69. The Morgan fingerprint density at radius 3 is 0.844 bits per heavy atom. The maximum atomic E-state index is 12.8. The van der Waals surface area contributed by atoms with Crippen molar-refractivity contribution in [2.45, 2.75) is 232 Å². The molecular formula is C40H80NO4+. The summed E-state index contributed by atoms with van der Waals surface area (Å²) in [7, 11) is 3.47. The SMILES string of the molecule is CCCCCCCCCCCCCCCC(=O)CC(C)(O)[N+](C)(C)C(C)(O)CC(=O)CCCCCCCCCCCCCCC. The van der Waals surface area contributed by atoms with Gasteiger partial charge in [-0.05, 0) is 12.8 Å². The van der Waals surface area contributed by atoms with Crippen molar-refractivity contribution in [2.24, 2.45) is 0 Å². The van der Waals surface area contributed by atoms with Crippen molar-refractivity contribution in [2.75, 3.05) is 14.1 Å². The van der Waals surface area contributed by atoms with Gasteiger partial charge in [0.2, 0.25) is 11.4 Å². The van der Waals surface area contributed by atoms with Gasteiger partial charge in [0.25, 0.3) is 0 Å². The smallest absolute Gasteiger partial charge is 0.206 e. The van der Waals surface area contributed by atoms with Gasteiger partial charge < -0.3 is 10.2 Å². The summed E-state index contributed by atoms with van der Waals surface area (Å²) in [5.41, 5.74) is -2.90. The summed E-state index contributed by atoms with van der Waals surface area (Å²) in [6.45, 7) is 7.77. The molecule has 0 aromatic carbocycles. The van der Waals surface area contributed by atoms with Gasteiger partial charge in [0.15, 0.2) is 0 Å². The number of unbranched alkanes of at least 4 members (excludes halogenated alkanes) is 24. The van der Waals surface area contributed by atoms with Crippen molar-refractivity contribution in [3.63, 3.8) is 0 Å². The lowest BCUT2D eigenvalue weighted by molar-refractivity contribution is -1.03. The summed E-state index contributed by atoms with van der Waals surface area (Å²) in [4.78, 5) is 25.6. The molecule has 0 aliphatic carbocycles. The molecular weight excluding hydrogens is 558 g/mol. The van der Waals surface area contributed by atoms with Crippen LogP contribution in [0.25, 0.3) is 0 Å². The van der Waals surface area contributed by atoms with Gasteiger partial charge in [-0.2, -0.15) is 0 Å². The van der Waals surface area contributed by atoms with E-state index >= 15 is 0 Å². The summed E-state index contributed by atoms with van der Waals surface area (Å²) < 4.78 is -0.200. The van der Waals surface area contributed by atoms with Gasteiger partial charge >= 0.3 is 0 Å². The highest BCUT2D eigenvalue weighted by Crippen LogP contribution is 2.34. The molecule has 0 saturated heterocycles. The van der Waals surface area contributed by atoms with Gasteiger partial charge in [0.1, 0.15) is 11.6 Å². The molecule has 0 spiro atoms. The number of ketones is 2. The third-order valence-electron chi connectivity index (χ3n) is 10.6. The second-order valence-electron chi connectivity index (χ2n) is 15.3. The number of carbonyl (C=O) groups is 2. The second kappa shape index (κ2) is 27.2. The van der Waals surface area contributed by atoms with Crippen LogP contribution in [0.4, 0.5) is 0 Å². The van der Waals surface area contributed by atoms with Crippen LogP contribution >= 0.6 is 0 Å². The zero-order valence-electron chi connectivity index (χ0n) is 31.4. The molecule has 0 fully saturated rings. The molecule has 0 radical (unpaired) electrons. The predicted molar refractivity (Wildman–Crippen MR) is 193 cm³/mol. The van der Waals surface area contributed by atoms with Crippen LogP contribution in [0.15, 0.2) is 0 Å². The van der Waals surface area contributed by atoms with Crippen molar-refractivity contribution in [3.05, 3.63) is 0 Å². The molecule has 0 aromatic rings. The van der Waals surface area contributed by atoms with Crippen molar-refractivity contribution in [1.82, 2.24) is 0 Å². The third kappa shape index (κ3) is 22.4. The number of aliphatic hydroxyl groups is 2. The van der Waals surface area contributed by atoms with Crippen LogP contribution in [-0.2, 0) is 9.59 Å². The molecule has 0 bridgehead atoms. The molecule has 0 amide bonds. The Morgan fingerprint density at radius 2 is 0.622 bits per heavy atom. The maximum absolute atomic E-state index is 12.8. The summed E-state index contributed by atoms with van der Waals surface area (Å²) in [6, 6.07) is 0. The summed E-state index contributed by atoms with van der Waals surface area (Å²) in [5, 5.41) is 22.7. The van der Waals surface area contributed by atoms with Crippen molar-refractivity contribution >= 4 is 11.6 Å². The maximum Gasteiger partial charge on any atom is 0.206 e. The first-order chi connectivity index (χ1) is 21.4. The van der Waals surface area contributed by atoms with Crippen LogP contribution in [0.2, 0.25) is 0 Å². The number of nitrogens with zero attached hydrogens (tertiary/aromatic N) is 1. The quantitative estimate of drug-likeness (QED) is 0.0418. The standard InChI is InChI=1S/C40H80NO4/c1-7-9-11-13-15-17-19-21-23-25-27-29-31-33-37(42)35-39(3,44)41(5,6)40(4,45)36-38(43)34-32-30-28-26-24-22-20-18-16-14-12-10-8-2/h44-45H,7-36H2,1-6H3/q+1. The Hall–Kier alpha value is -0.780. The highest BCUT2D eigenvalue weighted by Gasteiger charge is 2.53. The number of quaternary nitrogens is 1. The van der Waals surface area contributed by atoms with Crippen molar-refractivity contribution in [1.29, 1.82) is 0 Å². The lowest BCUT2D eigenvalue weighted by Gasteiger charge is -2.50. The van der Waals surface area contributed by atoms with E-state index in [2.05, 4.69) is 13.8 Å². The largest absolute Gasteiger partial charge is 0.342 e. The van der Waals surface area contributed by atoms with Gasteiger partial charge in [-0.3, -0.25) is 14.1 Å². The average molecular weight is 639 g/mol. The van der Waals surface area contributed by atoms with Crippen LogP contribution in [-0.4, -0.2) is 51.8 Å². The zero-order chi connectivity index (χ0) is 33.9. The van der Waals surface area contributed by atoms with Crippen LogP contribution in [0.3, 0.4) is 0 Å². The number of hydrogen-bond donors (Lipinski definition) is 2. The van der Waals surface area contributed by atoms with Gasteiger partial charge in [0.05, 0.1) is 26.9 Å². The molecule has 5 heteroatoms. The van der Waals surface area contributed by atoms with Gasteiger partial charge in [-0.1, -0.05) is 168 Å².